The Bertz CT molecular complexity index is 256. The molecule has 0 saturated heterocycles. The van der Waals surface area contributed by atoms with Crippen LogP contribution in [0.3, 0.4) is 0 Å². The molecule has 0 aliphatic carbocycles. The van der Waals surface area contributed by atoms with Gasteiger partial charge in [0.15, 0.2) is 0 Å². The fourth-order valence-electron chi connectivity index (χ4n) is 1.13. The number of hydrogen-bond acceptors (Lipinski definition) is 3. The van der Waals surface area contributed by atoms with Crippen LogP contribution >= 0.6 is 11.8 Å². The monoisotopic (exact) mass is 196 g/mol. The third-order valence-corrected chi connectivity index (χ3v) is 2.81. The first-order valence-corrected chi connectivity index (χ1v) is 5.52. The van der Waals surface area contributed by atoms with Gasteiger partial charge in [0.25, 0.3) is 0 Å². The van der Waals surface area contributed by atoms with E-state index < -0.39 is 0 Å². The van der Waals surface area contributed by atoms with Crippen LogP contribution < -0.4 is 11.5 Å². The quantitative estimate of drug-likeness (QED) is 0.724. The Morgan fingerprint density at radius 3 is 2.08 bits per heavy atom. The lowest BCUT2D eigenvalue weighted by molar-refractivity contribution is 0.589. The van der Waals surface area contributed by atoms with E-state index in [9.17, 15) is 0 Å². The lowest BCUT2D eigenvalue weighted by Gasteiger charge is -2.15. The van der Waals surface area contributed by atoms with E-state index in [1.807, 2.05) is 19.1 Å². The van der Waals surface area contributed by atoms with E-state index in [-0.39, 0.29) is 12.1 Å². The van der Waals surface area contributed by atoms with Crippen molar-refractivity contribution < 1.29 is 0 Å². The Hall–Kier alpha value is -0.510. The first-order chi connectivity index (χ1) is 6.15. The van der Waals surface area contributed by atoms with Gasteiger partial charge in [0, 0.05) is 17.0 Å². The molecule has 2 atom stereocenters. The van der Waals surface area contributed by atoms with Gasteiger partial charge in [-0.1, -0.05) is 12.1 Å². The van der Waals surface area contributed by atoms with E-state index >= 15 is 0 Å². The van der Waals surface area contributed by atoms with Gasteiger partial charge in [-0.3, -0.25) is 0 Å². The van der Waals surface area contributed by atoms with E-state index in [0.29, 0.717) is 0 Å². The summed E-state index contributed by atoms with van der Waals surface area (Å²) in [5.41, 5.74) is 12.7. The topological polar surface area (TPSA) is 52.0 Å². The molecular weight excluding hydrogens is 180 g/mol. The van der Waals surface area contributed by atoms with Crippen LogP contribution in [0, 0.1) is 0 Å². The zero-order valence-corrected chi connectivity index (χ0v) is 8.84. The summed E-state index contributed by atoms with van der Waals surface area (Å²) in [6, 6.07) is 8.17. The standard InChI is InChI=1S/C10H16N2S/c1-7(11)10(12)8-3-5-9(13-2)6-4-8/h3-7,10H,11-12H2,1-2H3. The van der Waals surface area contributed by atoms with Crippen molar-refractivity contribution in [2.75, 3.05) is 6.26 Å². The van der Waals surface area contributed by atoms with Crippen LogP contribution in [-0.2, 0) is 0 Å². The fraction of sp³-hybridized carbons (Fsp3) is 0.400. The Kier molecular flexibility index (Phi) is 3.78. The molecule has 0 radical (unpaired) electrons. The first kappa shape index (κ1) is 10.6. The minimum Gasteiger partial charge on any atom is -0.326 e. The molecule has 0 saturated carbocycles. The highest BCUT2D eigenvalue weighted by Crippen LogP contribution is 2.18. The summed E-state index contributed by atoms with van der Waals surface area (Å²) in [4.78, 5) is 1.25. The molecule has 1 aromatic rings. The highest BCUT2D eigenvalue weighted by Gasteiger charge is 2.09. The lowest BCUT2D eigenvalue weighted by Crippen LogP contribution is -2.30. The number of rotatable bonds is 3. The molecule has 2 nitrogen and oxygen atoms in total. The van der Waals surface area contributed by atoms with Crippen LogP contribution in [0.4, 0.5) is 0 Å². The van der Waals surface area contributed by atoms with Crippen molar-refractivity contribution in [1.29, 1.82) is 0 Å². The van der Waals surface area contributed by atoms with Gasteiger partial charge in [0.2, 0.25) is 0 Å². The largest absolute Gasteiger partial charge is 0.326 e. The van der Waals surface area contributed by atoms with E-state index in [1.165, 1.54) is 4.90 Å². The lowest BCUT2D eigenvalue weighted by atomic mass is 10.0. The number of hydrogen-bond donors (Lipinski definition) is 2. The van der Waals surface area contributed by atoms with Crippen LogP contribution in [0.5, 0.6) is 0 Å². The first-order valence-electron chi connectivity index (χ1n) is 4.30. The smallest absolute Gasteiger partial charge is 0.0445 e. The molecule has 13 heavy (non-hydrogen) atoms. The molecule has 72 valence electrons. The molecule has 1 rings (SSSR count). The normalized spacial score (nSPS) is 15.4. The zero-order chi connectivity index (χ0) is 9.84. The van der Waals surface area contributed by atoms with Gasteiger partial charge in [0.05, 0.1) is 0 Å². The minimum absolute atomic E-state index is 0.000120. The van der Waals surface area contributed by atoms with Crippen molar-refractivity contribution in [2.45, 2.75) is 23.9 Å². The summed E-state index contributed by atoms with van der Waals surface area (Å²) in [6.45, 7) is 1.92. The van der Waals surface area contributed by atoms with Gasteiger partial charge in [-0.15, -0.1) is 11.8 Å². The molecule has 0 fully saturated rings. The van der Waals surface area contributed by atoms with Crippen LogP contribution in [0.1, 0.15) is 18.5 Å². The molecule has 0 amide bonds. The maximum Gasteiger partial charge on any atom is 0.0445 e. The SMILES string of the molecule is CSc1ccc(C(N)C(C)N)cc1. The van der Waals surface area contributed by atoms with Gasteiger partial charge >= 0.3 is 0 Å². The third kappa shape index (κ3) is 2.72. The van der Waals surface area contributed by atoms with Crippen molar-refractivity contribution >= 4 is 11.8 Å². The van der Waals surface area contributed by atoms with Crippen LogP contribution in [-0.4, -0.2) is 12.3 Å². The van der Waals surface area contributed by atoms with Crippen molar-refractivity contribution in [2.24, 2.45) is 11.5 Å². The Morgan fingerprint density at radius 1 is 1.15 bits per heavy atom. The molecule has 0 heterocycles. The Morgan fingerprint density at radius 2 is 1.69 bits per heavy atom. The molecule has 2 unspecified atom stereocenters. The van der Waals surface area contributed by atoms with Gasteiger partial charge in [0.1, 0.15) is 0 Å². The molecule has 4 N–H and O–H groups in total. The zero-order valence-electron chi connectivity index (χ0n) is 8.03. The third-order valence-electron chi connectivity index (χ3n) is 2.07. The Balaban J connectivity index is 2.79. The van der Waals surface area contributed by atoms with E-state index in [0.717, 1.165) is 5.56 Å². The van der Waals surface area contributed by atoms with Gasteiger partial charge in [-0.2, -0.15) is 0 Å². The molecule has 0 bridgehead atoms. The van der Waals surface area contributed by atoms with E-state index in [2.05, 4.69) is 18.4 Å². The average Bonchev–Trinajstić information content (AvgIpc) is 2.17. The summed E-state index contributed by atoms with van der Waals surface area (Å²) in [6.07, 6.45) is 2.06. The second-order valence-electron chi connectivity index (χ2n) is 3.16. The maximum absolute atomic E-state index is 5.90. The summed E-state index contributed by atoms with van der Waals surface area (Å²) in [5.74, 6) is 0. The maximum atomic E-state index is 5.90. The molecular formula is C10H16N2S. The summed E-state index contributed by atoms with van der Waals surface area (Å²) in [7, 11) is 0. The summed E-state index contributed by atoms with van der Waals surface area (Å²) >= 11 is 1.73. The average molecular weight is 196 g/mol. The number of nitrogens with two attached hydrogens (primary N) is 2. The second-order valence-corrected chi connectivity index (χ2v) is 4.04. The molecule has 1 aromatic carbocycles. The van der Waals surface area contributed by atoms with Crippen molar-refractivity contribution in [3.8, 4) is 0 Å². The van der Waals surface area contributed by atoms with E-state index in [1.54, 1.807) is 11.8 Å². The highest BCUT2D eigenvalue weighted by atomic mass is 32.2. The summed E-state index contributed by atoms with van der Waals surface area (Å²) < 4.78 is 0. The van der Waals surface area contributed by atoms with E-state index in [4.69, 9.17) is 11.5 Å². The van der Waals surface area contributed by atoms with Crippen LogP contribution in [0.25, 0.3) is 0 Å². The predicted molar refractivity (Wildman–Crippen MR) is 58.8 cm³/mol. The molecule has 0 aliphatic rings. The van der Waals surface area contributed by atoms with Gasteiger partial charge in [-0.25, -0.2) is 0 Å². The Labute approximate surface area is 83.7 Å². The molecule has 3 heteroatoms. The fourth-order valence-corrected chi connectivity index (χ4v) is 1.54. The number of benzene rings is 1. The molecule has 0 aliphatic heterocycles. The number of thioether (sulfide) groups is 1. The van der Waals surface area contributed by atoms with Crippen LogP contribution in [0.2, 0.25) is 0 Å². The highest BCUT2D eigenvalue weighted by molar-refractivity contribution is 7.98. The minimum atomic E-state index is -0.0593. The predicted octanol–water partition coefficient (Wildman–Crippen LogP) is 1.76. The molecule has 0 aromatic heterocycles. The second kappa shape index (κ2) is 4.65. The van der Waals surface area contributed by atoms with Crippen molar-refractivity contribution in [3.63, 3.8) is 0 Å². The van der Waals surface area contributed by atoms with Gasteiger partial charge < -0.3 is 11.5 Å². The summed E-state index contributed by atoms with van der Waals surface area (Å²) in [5, 5.41) is 0. The molecule has 0 spiro atoms. The van der Waals surface area contributed by atoms with Gasteiger partial charge in [-0.05, 0) is 30.9 Å². The van der Waals surface area contributed by atoms with Crippen molar-refractivity contribution in [1.82, 2.24) is 0 Å². The van der Waals surface area contributed by atoms with Crippen LogP contribution in [0.15, 0.2) is 29.2 Å². The van der Waals surface area contributed by atoms with Crippen molar-refractivity contribution in [3.05, 3.63) is 29.8 Å².